The molecular weight excluding hydrogens is 224 g/mol. The van der Waals surface area contributed by atoms with Crippen LogP contribution in [0.5, 0.6) is 5.75 Å². The van der Waals surface area contributed by atoms with Gasteiger partial charge in [0.05, 0.1) is 14.2 Å². The maximum absolute atomic E-state index is 11.5. The van der Waals surface area contributed by atoms with E-state index < -0.39 is 5.97 Å². The highest BCUT2D eigenvalue weighted by Gasteiger charge is 2.19. The Hall–Kier alpha value is -2.30. The lowest BCUT2D eigenvalue weighted by molar-refractivity contribution is 0.0602. The van der Waals surface area contributed by atoms with Crippen molar-refractivity contribution in [3.8, 4) is 5.75 Å². The molecule has 0 fully saturated rings. The molecule has 0 saturated heterocycles. The number of furan rings is 1. The van der Waals surface area contributed by atoms with Crippen LogP contribution in [0.25, 0.3) is 11.0 Å². The summed E-state index contributed by atoms with van der Waals surface area (Å²) in [7, 11) is 2.75. The first-order chi connectivity index (χ1) is 8.22. The predicted octanol–water partition coefficient (Wildman–Crippen LogP) is 2.04. The molecule has 0 radical (unpaired) electrons. The Morgan fingerprint density at radius 1 is 1.35 bits per heavy atom. The maximum Gasteiger partial charge on any atom is 0.341 e. The monoisotopic (exact) mass is 234 g/mol. The molecule has 2 rings (SSSR count). The fourth-order valence-corrected chi connectivity index (χ4v) is 1.67. The fraction of sp³-hybridized carbons (Fsp3) is 0.167. The third-order valence-corrected chi connectivity index (χ3v) is 2.47. The van der Waals surface area contributed by atoms with Gasteiger partial charge in [0, 0.05) is 10.9 Å². The van der Waals surface area contributed by atoms with E-state index in [0.29, 0.717) is 28.6 Å². The summed E-state index contributed by atoms with van der Waals surface area (Å²) in [5.74, 6) is -0.0964. The zero-order valence-electron chi connectivity index (χ0n) is 9.35. The van der Waals surface area contributed by atoms with Crippen LogP contribution in [-0.2, 0) is 4.74 Å². The summed E-state index contributed by atoms with van der Waals surface area (Å²) in [6.45, 7) is 0. The highest BCUT2D eigenvalue weighted by atomic mass is 16.5. The number of fused-ring (bicyclic) bond motifs is 1. The van der Waals surface area contributed by atoms with Crippen molar-refractivity contribution in [1.29, 1.82) is 0 Å². The Morgan fingerprint density at radius 3 is 2.71 bits per heavy atom. The molecular formula is C12H10O5. The summed E-state index contributed by atoms with van der Waals surface area (Å²) in [6.07, 6.45) is 1.91. The average Bonchev–Trinajstić information content (AvgIpc) is 2.81. The van der Waals surface area contributed by atoms with E-state index in [1.165, 1.54) is 20.5 Å². The van der Waals surface area contributed by atoms with Crippen LogP contribution in [0.1, 0.15) is 20.7 Å². The Bertz CT molecular complexity index is 582. The van der Waals surface area contributed by atoms with E-state index in [1.54, 1.807) is 12.1 Å². The van der Waals surface area contributed by atoms with Crippen LogP contribution in [0, 0.1) is 0 Å². The van der Waals surface area contributed by atoms with Gasteiger partial charge in [-0.3, -0.25) is 4.79 Å². The van der Waals surface area contributed by atoms with Gasteiger partial charge in [-0.2, -0.15) is 0 Å². The van der Waals surface area contributed by atoms with Crippen LogP contribution in [0.15, 0.2) is 22.8 Å². The lowest BCUT2D eigenvalue weighted by Gasteiger charge is -2.02. The molecule has 17 heavy (non-hydrogen) atoms. The number of hydrogen-bond acceptors (Lipinski definition) is 5. The standard InChI is InChI=1S/C12H10O5/c1-15-9-4-3-7(5-13)10-8(12(14)16-2)6-17-11(9)10/h3-6H,1-2H3. The number of rotatable bonds is 3. The molecule has 5 nitrogen and oxygen atoms in total. The molecule has 0 unspecified atom stereocenters. The smallest absolute Gasteiger partial charge is 0.341 e. The van der Waals surface area contributed by atoms with Crippen molar-refractivity contribution < 1.29 is 23.5 Å². The molecule has 0 aliphatic carbocycles. The Labute approximate surface area is 96.9 Å². The summed E-state index contributed by atoms with van der Waals surface area (Å²) in [5.41, 5.74) is 0.927. The van der Waals surface area contributed by atoms with Crippen molar-refractivity contribution in [1.82, 2.24) is 0 Å². The van der Waals surface area contributed by atoms with Gasteiger partial charge < -0.3 is 13.9 Å². The molecule has 1 heterocycles. The van der Waals surface area contributed by atoms with E-state index in [4.69, 9.17) is 9.15 Å². The van der Waals surface area contributed by atoms with Gasteiger partial charge in [0.1, 0.15) is 11.8 Å². The number of carbonyl (C=O) groups is 2. The number of hydrogen-bond donors (Lipinski definition) is 0. The van der Waals surface area contributed by atoms with Crippen LogP contribution in [-0.4, -0.2) is 26.5 Å². The van der Waals surface area contributed by atoms with E-state index in [2.05, 4.69) is 4.74 Å². The molecule has 1 aromatic carbocycles. The van der Waals surface area contributed by atoms with E-state index in [1.807, 2.05) is 0 Å². The summed E-state index contributed by atoms with van der Waals surface area (Å²) >= 11 is 0. The second kappa shape index (κ2) is 4.29. The lowest BCUT2D eigenvalue weighted by atomic mass is 10.1. The van der Waals surface area contributed by atoms with Crippen LogP contribution in [0.4, 0.5) is 0 Å². The van der Waals surface area contributed by atoms with Crippen molar-refractivity contribution in [2.75, 3.05) is 14.2 Å². The first-order valence-corrected chi connectivity index (χ1v) is 4.84. The molecule has 2 aromatic rings. The average molecular weight is 234 g/mol. The first-order valence-electron chi connectivity index (χ1n) is 4.84. The van der Waals surface area contributed by atoms with Crippen molar-refractivity contribution >= 4 is 23.2 Å². The van der Waals surface area contributed by atoms with E-state index >= 15 is 0 Å². The zero-order chi connectivity index (χ0) is 12.4. The molecule has 1 aromatic heterocycles. The van der Waals surface area contributed by atoms with Gasteiger partial charge in [-0.1, -0.05) is 0 Å². The second-order valence-corrected chi connectivity index (χ2v) is 3.32. The van der Waals surface area contributed by atoms with Gasteiger partial charge in [0.15, 0.2) is 17.6 Å². The molecule has 0 N–H and O–H groups in total. The van der Waals surface area contributed by atoms with Gasteiger partial charge in [-0.25, -0.2) is 4.79 Å². The van der Waals surface area contributed by atoms with Crippen molar-refractivity contribution in [3.05, 3.63) is 29.5 Å². The van der Waals surface area contributed by atoms with Crippen LogP contribution < -0.4 is 4.74 Å². The van der Waals surface area contributed by atoms with Gasteiger partial charge in [-0.05, 0) is 12.1 Å². The van der Waals surface area contributed by atoms with Gasteiger partial charge in [-0.15, -0.1) is 0 Å². The van der Waals surface area contributed by atoms with E-state index in [0.717, 1.165) is 0 Å². The number of ether oxygens (including phenoxy) is 2. The number of esters is 1. The number of aldehydes is 1. The molecule has 5 heteroatoms. The molecule has 0 spiro atoms. The summed E-state index contributed by atoms with van der Waals surface area (Å²) < 4.78 is 15.0. The fourth-order valence-electron chi connectivity index (χ4n) is 1.67. The topological polar surface area (TPSA) is 65.7 Å². The maximum atomic E-state index is 11.5. The summed E-state index contributed by atoms with van der Waals surface area (Å²) in [5, 5.41) is 0.409. The number of carbonyl (C=O) groups excluding carboxylic acids is 2. The molecule has 0 amide bonds. The largest absolute Gasteiger partial charge is 0.493 e. The van der Waals surface area contributed by atoms with E-state index in [9.17, 15) is 9.59 Å². The Kier molecular flexibility index (Phi) is 2.82. The molecule has 0 aliphatic rings. The first kappa shape index (κ1) is 11.2. The van der Waals surface area contributed by atoms with Crippen LogP contribution in [0.3, 0.4) is 0 Å². The lowest BCUT2D eigenvalue weighted by Crippen LogP contribution is -2.01. The van der Waals surface area contributed by atoms with Gasteiger partial charge >= 0.3 is 5.97 Å². The van der Waals surface area contributed by atoms with Crippen molar-refractivity contribution in [2.24, 2.45) is 0 Å². The summed E-state index contributed by atoms with van der Waals surface area (Å²) in [6, 6.07) is 3.17. The summed E-state index contributed by atoms with van der Waals surface area (Å²) in [4.78, 5) is 22.5. The molecule has 0 aliphatic heterocycles. The van der Waals surface area contributed by atoms with Crippen LogP contribution >= 0.6 is 0 Å². The normalized spacial score (nSPS) is 10.2. The quantitative estimate of drug-likeness (QED) is 0.600. The second-order valence-electron chi connectivity index (χ2n) is 3.32. The molecule has 0 saturated carbocycles. The minimum atomic E-state index is -0.555. The van der Waals surface area contributed by atoms with Crippen molar-refractivity contribution in [3.63, 3.8) is 0 Å². The number of methoxy groups -OCH3 is 2. The third-order valence-electron chi connectivity index (χ3n) is 2.47. The highest BCUT2D eigenvalue weighted by Crippen LogP contribution is 2.32. The SMILES string of the molecule is COC(=O)c1coc2c(OC)ccc(C=O)c12. The minimum absolute atomic E-state index is 0.212. The number of benzene rings is 1. The zero-order valence-corrected chi connectivity index (χ0v) is 9.35. The minimum Gasteiger partial charge on any atom is -0.493 e. The molecule has 0 bridgehead atoms. The predicted molar refractivity (Wildman–Crippen MR) is 59.5 cm³/mol. The van der Waals surface area contributed by atoms with E-state index in [-0.39, 0.29) is 5.56 Å². The van der Waals surface area contributed by atoms with Gasteiger partial charge in [0.2, 0.25) is 0 Å². The Morgan fingerprint density at radius 2 is 2.12 bits per heavy atom. The highest BCUT2D eigenvalue weighted by molar-refractivity contribution is 6.10. The molecule has 88 valence electrons. The Balaban J connectivity index is 2.80. The van der Waals surface area contributed by atoms with Crippen molar-refractivity contribution in [2.45, 2.75) is 0 Å². The van der Waals surface area contributed by atoms with Gasteiger partial charge in [0.25, 0.3) is 0 Å². The van der Waals surface area contributed by atoms with Crippen LogP contribution in [0.2, 0.25) is 0 Å². The molecule has 0 atom stereocenters. The third kappa shape index (κ3) is 1.65.